The Hall–Kier alpha value is -2.60. The molecule has 2 amide bonds. The summed E-state index contributed by atoms with van der Waals surface area (Å²) >= 11 is 0. The Morgan fingerprint density at radius 2 is 1.81 bits per heavy atom. The normalized spacial score (nSPS) is 20.3. The number of nitriles is 1. The average Bonchev–Trinajstić information content (AvgIpc) is 2.59. The predicted octanol–water partition coefficient (Wildman–Crippen LogP) is 1.54. The molecule has 1 aromatic carbocycles. The van der Waals surface area contributed by atoms with Crippen LogP contribution in [0.5, 0.6) is 0 Å². The van der Waals surface area contributed by atoms with Gasteiger partial charge in [0.1, 0.15) is 0 Å². The predicted molar refractivity (Wildman–Crippen MR) is 84.9 cm³/mol. The summed E-state index contributed by atoms with van der Waals surface area (Å²) in [6.07, 6.45) is -5.08. The topological polar surface area (TPSA) is 84.6 Å². The molecule has 9 heteroatoms. The summed E-state index contributed by atoms with van der Waals surface area (Å²) in [6.45, 7) is 1.85. The van der Waals surface area contributed by atoms with Gasteiger partial charge in [-0.2, -0.15) is 18.4 Å². The maximum atomic E-state index is 12.8. The number of aliphatic hydroxyl groups is 1. The molecule has 2 atom stereocenters. The van der Waals surface area contributed by atoms with Crippen molar-refractivity contribution in [3.63, 3.8) is 0 Å². The minimum absolute atomic E-state index is 0.0413. The summed E-state index contributed by atoms with van der Waals surface area (Å²) in [7, 11) is 0. The lowest BCUT2D eigenvalue weighted by Crippen LogP contribution is -2.62. The number of amides is 2. The van der Waals surface area contributed by atoms with E-state index in [0.717, 1.165) is 4.90 Å². The van der Waals surface area contributed by atoms with Crippen LogP contribution in [-0.4, -0.2) is 64.2 Å². The van der Waals surface area contributed by atoms with Gasteiger partial charge in [-0.15, -0.1) is 0 Å². The van der Waals surface area contributed by atoms with E-state index in [-0.39, 0.29) is 25.5 Å². The lowest BCUT2D eigenvalue weighted by Gasteiger charge is -2.42. The van der Waals surface area contributed by atoms with Gasteiger partial charge < -0.3 is 14.9 Å². The Labute approximate surface area is 148 Å². The molecule has 0 saturated carbocycles. The zero-order chi connectivity index (χ0) is 19.7. The lowest BCUT2D eigenvalue weighted by atomic mass is 10.0. The molecule has 1 N–H and O–H groups in total. The number of carbonyl (C=O) groups is 2. The van der Waals surface area contributed by atoms with Crippen molar-refractivity contribution in [2.45, 2.75) is 31.7 Å². The van der Waals surface area contributed by atoms with E-state index in [2.05, 4.69) is 0 Å². The number of benzene rings is 1. The molecule has 1 aromatic rings. The summed E-state index contributed by atoms with van der Waals surface area (Å²) in [5, 5.41) is 18.3. The number of alkyl halides is 3. The molecule has 1 fully saturated rings. The second-order valence-corrected chi connectivity index (χ2v) is 6.36. The van der Waals surface area contributed by atoms with E-state index >= 15 is 0 Å². The first-order chi connectivity index (χ1) is 12.0. The number of rotatable bonds is 2. The molecular weight excluding hydrogens is 351 g/mol. The Kier molecular flexibility index (Phi) is 5.28. The molecular formula is C17H18F3N3O3. The van der Waals surface area contributed by atoms with E-state index in [1.807, 2.05) is 6.07 Å². The quantitative estimate of drug-likeness (QED) is 0.857. The van der Waals surface area contributed by atoms with Crippen LogP contribution in [0.4, 0.5) is 13.2 Å². The van der Waals surface area contributed by atoms with Crippen molar-refractivity contribution in [2.24, 2.45) is 0 Å². The standard InChI is InChI=1S/C17H18F3N3O3/c1-11-10-22(15(25)16(2,26)17(18,19)20)7-8-23(11)14(24)13-5-3-12(9-21)4-6-13/h3-6,11,26H,7-8,10H2,1-2H3/t11-,16-/m1/s1. The Morgan fingerprint density at radius 3 is 2.27 bits per heavy atom. The van der Waals surface area contributed by atoms with Gasteiger partial charge in [0, 0.05) is 31.2 Å². The molecule has 0 unspecified atom stereocenters. The van der Waals surface area contributed by atoms with Crippen molar-refractivity contribution in [3.05, 3.63) is 35.4 Å². The second kappa shape index (κ2) is 6.96. The van der Waals surface area contributed by atoms with Gasteiger partial charge in [-0.05, 0) is 38.1 Å². The molecule has 0 aromatic heterocycles. The molecule has 140 valence electrons. The highest BCUT2D eigenvalue weighted by Crippen LogP contribution is 2.32. The fraction of sp³-hybridized carbons (Fsp3) is 0.471. The van der Waals surface area contributed by atoms with Crippen LogP contribution in [0.3, 0.4) is 0 Å². The minimum Gasteiger partial charge on any atom is -0.373 e. The number of halogens is 3. The van der Waals surface area contributed by atoms with Gasteiger partial charge in [-0.1, -0.05) is 0 Å². The van der Waals surface area contributed by atoms with Gasteiger partial charge in [0.25, 0.3) is 11.8 Å². The van der Waals surface area contributed by atoms with E-state index < -0.39 is 23.7 Å². The number of piperazine rings is 1. The molecule has 2 rings (SSSR count). The molecule has 0 aliphatic carbocycles. The van der Waals surface area contributed by atoms with Gasteiger partial charge in [0.05, 0.1) is 11.6 Å². The molecule has 26 heavy (non-hydrogen) atoms. The fourth-order valence-corrected chi connectivity index (χ4v) is 2.73. The van der Waals surface area contributed by atoms with Crippen molar-refractivity contribution in [2.75, 3.05) is 19.6 Å². The van der Waals surface area contributed by atoms with Gasteiger partial charge >= 0.3 is 6.18 Å². The van der Waals surface area contributed by atoms with Crippen molar-refractivity contribution in [3.8, 4) is 6.07 Å². The smallest absolute Gasteiger partial charge is 0.373 e. The highest BCUT2D eigenvalue weighted by molar-refractivity contribution is 5.95. The van der Waals surface area contributed by atoms with Crippen LogP contribution in [0.15, 0.2) is 24.3 Å². The van der Waals surface area contributed by atoms with Crippen LogP contribution in [0, 0.1) is 11.3 Å². The third-order valence-electron chi connectivity index (χ3n) is 4.40. The summed E-state index contributed by atoms with van der Waals surface area (Å²) in [4.78, 5) is 27.0. The van der Waals surface area contributed by atoms with Gasteiger partial charge in [0.15, 0.2) is 0 Å². The molecule has 0 radical (unpaired) electrons. The van der Waals surface area contributed by atoms with Crippen LogP contribution in [0.25, 0.3) is 0 Å². The van der Waals surface area contributed by atoms with Gasteiger partial charge in [-0.25, -0.2) is 0 Å². The number of carbonyl (C=O) groups excluding carboxylic acids is 2. The third kappa shape index (κ3) is 3.65. The second-order valence-electron chi connectivity index (χ2n) is 6.36. The van der Waals surface area contributed by atoms with E-state index in [0.29, 0.717) is 18.1 Å². The molecule has 1 aliphatic heterocycles. The molecule has 1 aliphatic rings. The summed E-state index contributed by atoms with van der Waals surface area (Å²) in [5.74, 6) is -1.76. The zero-order valence-corrected chi connectivity index (χ0v) is 14.2. The first-order valence-electron chi connectivity index (χ1n) is 7.88. The molecule has 1 saturated heterocycles. The van der Waals surface area contributed by atoms with E-state index in [4.69, 9.17) is 5.26 Å². The number of nitrogens with zero attached hydrogens (tertiary/aromatic N) is 3. The summed E-state index contributed by atoms with van der Waals surface area (Å²) < 4.78 is 38.5. The Balaban J connectivity index is 2.09. The van der Waals surface area contributed by atoms with Crippen LogP contribution >= 0.6 is 0 Å². The Bertz CT molecular complexity index is 738. The summed E-state index contributed by atoms with van der Waals surface area (Å²) in [5.41, 5.74) is -2.72. The monoisotopic (exact) mass is 369 g/mol. The first kappa shape index (κ1) is 19.7. The number of hydrogen-bond acceptors (Lipinski definition) is 4. The van der Waals surface area contributed by atoms with Crippen LogP contribution in [-0.2, 0) is 4.79 Å². The average molecular weight is 369 g/mol. The molecule has 1 heterocycles. The minimum atomic E-state index is -5.08. The van der Waals surface area contributed by atoms with Crippen LogP contribution in [0.2, 0.25) is 0 Å². The van der Waals surface area contributed by atoms with Gasteiger partial charge in [-0.3, -0.25) is 9.59 Å². The Morgan fingerprint density at radius 1 is 1.23 bits per heavy atom. The van der Waals surface area contributed by atoms with Crippen LogP contribution in [0.1, 0.15) is 29.8 Å². The molecule has 6 nitrogen and oxygen atoms in total. The SMILES string of the molecule is C[C@@H]1CN(C(=O)[C@@](C)(O)C(F)(F)F)CCN1C(=O)c1ccc(C#N)cc1. The third-order valence-corrected chi connectivity index (χ3v) is 4.40. The van der Waals surface area contributed by atoms with E-state index in [1.165, 1.54) is 29.2 Å². The maximum absolute atomic E-state index is 12.8. The van der Waals surface area contributed by atoms with E-state index in [1.54, 1.807) is 6.92 Å². The van der Waals surface area contributed by atoms with E-state index in [9.17, 15) is 27.9 Å². The van der Waals surface area contributed by atoms with Crippen molar-refractivity contribution in [1.82, 2.24) is 9.80 Å². The highest BCUT2D eigenvalue weighted by Gasteiger charge is 2.57. The van der Waals surface area contributed by atoms with Crippen molar-refractivity contribution >= 4 is 11.8 Å². The highest BCUT2D eigenvalue weighted by atomic mass is 19.4. The number of hydrogen-bond donors (Lipinski definition) is 1. The summed E-state index contributed by atoms with van der Waals surface area (Å²) in [6, 6.07) is 7.41. The fourth-order valence-electron chi connectivity index (χ4n) is 2.73. The lowest BCUT2D eigenvalue weighted by molar-refractivity contribution is -0.250. The van der Waals surface area contributed by atoms with Crippen LogP contribution < -0.4 is 0 Å². The zero-order valence-electron chi connectivity index (χ0n) is 14.2. The largest absolute Gasteiger partial charge is 0.426 e. The molecule has 0 bridgehead atoms. The maximum Gasteiger partial charge on any atom is 0.426 e. The first-order valence-corrected chi connectivity index (χ1v) is 7.88. The van der Waals surface area contributed by atoms with Crippen molar-refractivity contribution < 1.29 is 27.9 Å². The molecule has 0 spiro atoms. The van der Waals surface area contributed by atoms with Gasteiger partial charge in [0.2, 0.25) is 5.60 Å². The van der Waals surface area contributed by atoms with Crippen molar-refractivity contribution in [1.29, 1.82) is 5.26 Å².